The van der Waals surface area contributed by atoms with Gasteiger partial charge in [-0.15, -0.1) is 17.5 Å². The van der Waals surface area contributed by atoms with Crippen LogP contribution in [0.4, 0.5) is 0 Å². The number of fused-ring (bicyclic) bond motifs is 3. The van der Waals surface area contributed by atoms with Gasteiger partial charge in [-0.1, -0.05) is 144 Å². The smallest absolute Gasteiger partial charge is 0.673 e. The van der Waals surface area contributed by atoms with Crippen LogP contribution in [0.3, 0.4) is 0 Å². The van der Waals surface area contributed by atoms with Crippen LogP contribution >= 0.6 is 0 Å². The van der Waals surface area contributed by atoms with Crippen LogP contribution in [-0.4, -0.2) is 16.5 Å². The van der Waals surface area contributed by atoms with Gasteiger partial charge in [-0.3, -0.25) is 0 Å². The number of benzene rings is 2. The Bertz CT molecular complexity index is 932. The molecule has 38 heavy (non-hydrogen) atoms. The first-order valence-electron chi connectivity index (χ1n) is 12.7. The quantitative estimate of drug-likeness (QED) is 0.203. The van der Waals surface area contributed by atoms with Gasteiger partial charge in [0.1, 0.15) is 0 Å². The van der Waals surface area contributed by atoms with Crippen LogP contribution in [0.2, 0.25) is 0 Å². The normalized spacial score (nSPS) is 21.9. The summed E-state index contributed by atoms with van der Waals surface area (Å²) in [6.45, 7) is 13.8. The summed E-state index contributed by atoms with van der Waals surface area (Å²) in [5.41, 5.74) is 10.9. The van der Waals surface area contributed by atoms with Gasteiger partial charge in [-0.05, 0) is 39.2 Å². The second-order valence-corrected chi connectivity index (χ2v) is 10.7. The summed E-state index contributed by atoms with van der Waals surface area (Å²) in [7, 11) is 0. The number of nitrogens with one attached hydrogen (secondary N) is 1. The Morgan fingerprint density at radius 3 is 1.68 bits per heavy atom. The molecule has 3 heteroatoms. The van der Waals surface area contributed by atoms with Gasteiger partial charge in [-0.2, -0.15) is 5.92 Å². The molecule has 3 aliphatic carbocycles. The van der Waals surface area contributed by atoms with Gasteiger partial charge in [0, 0.05) is 0 Å². The van der Waals surface area contributed by atoms with Gasteiger partial charge in [0.05, 0.1) is 0 Å². The van der Waals surface area contributed by atoms with Crippen molar-refractivity contribution in [2.45, 2.75) is 52.0 Å². The molecule has 4 atom stereocenters. The Labute approximate surface area is 254 Å². The first-order valence-corrected chi connectivity index (χ1v) is 12.7. The predicted molar refractivity (Wildman–Crippen MR) is 174 cm³/mol. The minimum absolute atomic E-state index is 0. The van der Waals surface area contributed by atoms with E-state index in [0.717, 1.165) is 45.9 Å². The summed E-state index contributed by atoms with van der Waals surface area (Å²) in [6.07, 6.45) is 17.8. The molecule has 2 saturated carbocycles. The Balaban J connectivity index is 0. The van der Waals surface area contributed by atoms with Crippen LogP contribution in [0, 0.1) is 44.9 Å². The molecule has 0 aliphatic heterocycles. The molecule has 5 rings (SSSR count). The molecule has 0 aromatic heterocycles. The van der Waals surface area contributed by atoms with E-state index in [1.807, 2.05) is 57.2 Å². The van der Waals surface area contributed by atoms with Gasteiger partial charge in [0.15, 0.2) is 0 Å². The van der Waals surface area contributed by atoms with Crippen molar-refractivity contribution in [3.63, 3.8) is 0 Å². The van der Waals surface area contributed by atoms with Gasteiger partial charge in [-0.25, -0.2) is 0 Å². The van der Waals surface area contributed by atoms with Crippen LogP contribution in [0.15, 0.2) is 98.1 Å². The van der Waals surface area contributed by atoms with E-state index in [9.17, 15) is 0 Å². The molecule has 3 aliphatic rings. The summed E-state index contributed by atoms with van der Waals surface area (Å²) < 4.78 is 0. The zero-order valence-corrected chi connectivity index (χ0v) is 25.3. The third kappa shape index (κ3) is 12.0. The van der Waals surface area contributed by atoms with Gasteiger partial charge < -0.3 is 27.0 Å². The van der Waals surface area contributed by atoms with Crippen LogP contribution < -0.4 is 0 Å². The van der Waals surface area contributed by atoms with Crippen molar-refractivity contribution < 1.29 is 21.7 Å². The average molecular weight is 562 g/mol. The van der Waals surface area contributed by atoms with E-state index in [0.29, 0.717) is 0 Å². The number of allylic oxidation sites excluding steroid dienone is 6. The predicted octanol–water partition coefficient (Wildman–Crippen LogP) is 9.07. The first kappa shape index (κ1) is 38.4. The zero-order valence-electron chi connectivity index (χ0n) is 23.7. The Hall–Kier alpha value is -1.71. The van der Waals surface area contributed by atoms with E-state index in [1.54, 1.807) is 0 Å². The fourth-order valence-electron chi connectivity index (χ4n) is 5.08. The molecule has 0 spiro atoms. The van der Waals surface area contributed by atoms with Gasteiger partial charge in [0.25, 0.3) is 0 Å². The van der Waals surface area contributed by atoms with Crippen LogP contribution in [-0.2, 0) is 21.7 Å². The second kappa shape index (κ2) is 18.6. The summed E-state index contributed by atoms with van der Waals surface area (Å²) in [5.74, 6) is 3.56. The van der Waals surface area contributed by atoms with Gasteiger partial charge in [0.2, 0.25) is 0 Å². The average Bonchev–Trinajstić information content (AvgIpc) is 3.22. The number of hydrogen-bond donors (Lipinski definition) is 0. The number of rotatable bonds is 3. The molecule has 2 fully saturated rings. The van der Waals surface area contributed by atoms with Crippen molar-refractivity contribution in [2.75, 3.05) is 0 Å². The Kier molecular flexibility index (Phi) is 18.8. The van der Waals surface area contributed by atoms with E-state index in [1.165, 1.54) is 25.7 Å². The SMILES string of the molecule is C1=CC2[CH-]C3CCCCC3C2C=C1.C=C(C(=C)c1ccccc1)c1ccccc1.CC(C)(C)[NH-].[CH3-].[CH3-].[SiH4].[Ti+4]. The Morgan fingerprint density at radius 2 is 1.21 bits per heavy atom. The van der Waals surface area contributed by atoms with E-state index in [4.69, 9.17) is 5.73 Å². The molecule has 2 aromatic carbocycles. The summed E-state index contributed by atoms with van der Waals surface area (Å²) in [6, 6.07) is 20.3. The molecule has 4 unspecified atom stereocenters. The van der Waals surface area contributed by atoms with Gasteiger partial charge >= 0.3 is 21.7 Å². The Morgan fingerprint density at radius 1 is 0.789 bits per heavy atom. The molecule has 0 bridgehead atoms. The molecule has 204 valence electrons. The minimum atomic E-state index is -0.250. The maximum absolute atomic E-state index is 6.94. The fraction of sp³-hybridized carbons (Fsp3) is 0.343. The topological polar surface area (TPSA) is 23.8 Å². The van der Waals surface area contributed by atoms with E-state index >= 15 is 0 Å². The van der Waals surface area contributed by atoms with Crippen molar-refractivity contribution in [1.82, 2.24) is 0 Å². The van der Waals surface area contributed by atoms with Crippen LogP contribution in [0.5, 0.6) is 0 Å². The molecule has 2 aromatic rings. The third-order valence-electron chi connectivity index (χ3n) is 6.67. The van der Waals surface area contributed by atoms with Crippen molar-refractivity contribution in [2.24, 2.45) is 23.7 Å². The largest absolute Gasteiger partial charge is 4.00 e. The van der Waals surface area contributed by atoms with Crippen molar-refractivity contribution in [3.8, 4) is 0 Å². The summed E-state index contributed by atoms with van der Waals surface area (Å²) >= 11 is 0. The van der Waals surface area contributed by atoms with Crippen molar-refractivity contribution in [1.29, 1.82) is 0 Å². The second-order valence-electron chi connectivity index (χ2n) is 10.7. The van der Waals surface area contributed by atoms with Crippen LogP contribution in [0.25, 0.3) is 16.9 Å². The third-order valence-corrected chi connectivity index (χ3v) is 6.67. The molecular weight excluding hydrogens is 510 g/mol. The van der Waals surface area contributed by atoms with E-state index in [-0.39, 0.29) is 53.1 Å². The zero-order chi connectivity index (χ0) is 24.6. The monoisotopic (exact) mass is 561 g/mol. The minimum Gasteiger partial charge on any atom is -0.673 e. The molecule has 0 saturated heterocycles. The van der Waals surface area contributed by atoms with Crippen molar-refractivity contribution in [3.05, 3.63) is 136 Å². The molecule has 1 nitrogen and oxygen atoms in total. The standard InChI is InChI=1S/C16H14.C13H17.C4H10N.2CH3.H4Si.Ti/c1-13(15-9-5-3-6-10-15)14(2)16-11-7-4-8-12-16;1-3-7-12-10(5-1)9-11-6-2-4-8-13(11)12;1-4(2,3)5;;;;/h3-12H,1-2H2;1,3,5,7,9-13H,2,4,6,8H2;5H,1-3H3;2*1H3;1H4;/q;4*-1;;+4. The first-order chi connectivity index (χ1) is 16.2. The van der Waals surface area contributed by atoms with Crippen molar-refractivity contribution >= 4 is 22.1 Å². The summed E-state index contributed by atoms with van der Waals surface area (Å²) in [4.78, 5) is 0. The maximum Gasteiger partial charge on any atom is 4.00 e. The molecule has 0 heterocycles. The molecular formula is C35H51NSiTi. The fourth-order valence-corrected chi connectivity index (χ4v) is 5.08. The molecule has 0 radical (unpaired) electrons. The van der Waals surface area contributed by atoms with E-state index < -0.39 is 0 Å². The van der Waals surface area contributed by atoms with E-state index in [2.05, 4.69) is 68.1 Å². The maximum atomic E-state index is 6.94. The molecule has 0 amide bonds. The number of hydrogen-bond acceptors (Lipinski definition) is 0. The summed E-state index contributed by atoms with van der Waals surface area (Å²) in [5, 5.41) is 0. The molecule has 1 N–H and O–H groups in total. The van der Waals surface area contributed by atoms with Crippen LogP contribution in [0.1, 0.15) is 57.6 Å².